The molecule has 9 nitrogen and oxygen atoms in total. The number of piperazine rings is 1. The van der Waals surface area contributed by atoms with E-state index in [4.69, 9.17) is 0 Å². The van der Waals surface area contributed by atoms with Crippen LogP contribution >= 0.6 is 0 Å². The number of nitrogens with zero attached hydrogens (tertiary/aromatic N) is 4. The quantitative estimate of drug-likeness (QED) is 0.489. The molecule has 0 aliphatic carbocycles. The fourth-order valence-electron chi connectivity index (χ4n) is 5.00. The summed E-state index contributed by atoms with van der Waals surface area (Å²) in [5.74, 6) is 0.534. The zero-order valence-corrected chi connectivity index (χ0v) is 20.4. The second-order valence-electron chi connectivity index (χ2n) is 9.28. The first kappa shape index (κ1) is 23.9. The van der Waals surface area contributed by atoms with Gasteiger partial charge in [0.1, 0.15) is 18.0 Å². The molecule has 0 bridgehead atoms. The lowest BCUT2D eigenvalue weighted by molar-refractivity contribution is -0.152. The predicted molar refractivity (Wildman–Crippen MR) is 138 cm³/mol. The number of carbonyl (C=O) groups is 2. The maximum Gasteiger partial charge on any atom is 0.260 e. The van der Waals surface area contributed by atoms with E-state index >= 15 is 0 Å². The van der Waals surface area contributed by atoms with Gasteiger partial charge in [0.25, 0.3) is 5.91 Å². The lowest BCUT2D eigenvalue weighted by atomic mass is 9.90. The van der Waals surface area contributed by atoms with Crippen molar-refractivity contribution in [3.63, 3.8) is 0 Å². The summed E-state index contributed by atoms with van der Waals surface area (Å²) < 4.78 is 0. The van der Waals surface area contributed by atoms with Crippen LogP contribution in [0.2, 0.25) is 0 Å². The fourth-order valence-corrected chi connectivity index (χ4v) is 5.00. The van der Waals surface area contributed by atoms with Crippen LogP contribution in [0.5, 0.6) is 0 Å². The van der Waals surface area contributed by atoms with Crippen LogP contribution in [0, 0.1) is 0 Å². The van der Waals surface area contributed by atoms with E-state index in [9.17, 15) is 14.7 Å². The molecule has 9 heteroatoms. The minimum absolute atomic E-state index is 0.0871. The third kappa shape index (κ3) is 4.20. The molecule has 1 fully saturated rings. The van der Waals surface area contributed by atoms with Crippen LogP contribution in [0.15, 0.2) is 60.9 Å². The zero-order valence-electron chi connectivity index (χ0n) is 20.4. The van der Waals surface area contributed by atoms with Crippen LogP contribution in [-0.4, -0.2) is 71.6 Å². The molecule has 0 radical (unpaired) electrons. The highest BCUT2D eigenvalue weighted by Crippen LogP contribution is 2.37. The summed E-state index contributed by atoms with van der Waals surface area (Å²) in [7, 11) is 1.72. The normalized spacial score (nSPS) is 19.0. The van der Waals surface area contributed by atoms with Crippen molar-refractivity contribution < 1.29 is 14.7 Å². The second kappa shape index (κ2) is 9.67. The van der Waals surface area contributed by atoms with Gasteiger partial charge in [-0.2, -0.15) is 0 Å². The lowest BCUT2D eigenvalue weighted by Gasteiger charge is -2.40. The summed E-state index contributed by atoms with van der Waals surface area (Å²) in [4.78, 5) is 38.2. The topological polar surface area (TPSA) is 111 Å². The molecule has 2 aliphatic heterocycles. The van der Waals surface area contributed by atoms with E-state index in [0.717, 1.165) is 22.5 Å². The number of aliphatic hydroxyl groups is 1. The van der Waals surface area contributed by atoms with Gasteiger partial charge in [0.2, 0.25) is 5.91 Å². The van der Waals surface area contributed by atoms with Crippen molar-refractivity contribution in [1.82, 2.24) is 20.2 Å². The van der Waals surface area contributed by atoms with E-state index in [1.54, 1.807) is 11.9 Å². The Labute approximate surface area is 210 Å². The number of likely N-dealkylation sites (N-methyl/N-ethyl adjacent to an activating group) is 1. The van der Waals surface area contributed by atoms with Crippen LogP contribution in [0.4, 0.5) is 11.6 Å². The van der Waals surface area contributed by atoms with Crippen molar-refractivity contribution in [1.29, 1.82) is 0 Å². The molecule has 1 unspecified atom stereocenters. The Morgan fingerprint density at radius 2 is 1.72 bits per heavy atom. The summed E-state index contributed by atoms with van der Waals surface area (Å²) in [5.41, 5.74) is 1.76. The summed E-state index contributed by atoms with van der Waals surface area (Å²) >= 11 is 0. The van der Waals surface area contributed by atoms with Crippen molar-refractivity contribution in [2.24, 2.45) is 0 Å². The van der Waals surface area contributed by atoms with Crippen molar-refractivity contribution in [2.75, 3.05) is 50.0 Å². The van der Waals surface area contributed by atoms with Crippen molar-refractivity contribution in [2.45, 2.75) is 18.4 Å². The Morgan fingerprint density at radius 1 is 1.06 bits per heavy atom. The van der Waals surface area contributed by atoms with Gasteiger partial charge in [-0.1, -0.05) is 54.6 Å². The zero-order chi connectivity index (χ0) is 25.3. The largest absolute Gasteiger partial charge is 0.374 e. The number of fused-ring (bicyclic) bond motifs is 1. The smallest absolute Gasteiger partial charge is 0.260 e. The van der Waals surface area contributed by atoms with Crippen LogP contribution in [0.1, 0.15) is 24.0 Å². The Hall–Kier alpha value is -3.82. The van der Waals surface area contributed by atoms with Gasteiger partial charge in [-0.3, -0.25) is 9.59 Å². The molecule has 3 heterocycles. The third-order valence-corrected chi connectivity index (χ3v) is 7.05. The third-order valence-electron chi connectivity index (χ3n) is 7.05. The Kier molecular flexibility index (Phi) is 6.42. The molecular weight excluding hydrogens is 456 g/mol. The Morgan fingerprint density at radius 3 is 2.39 bits per heavy atom. The number of rotatable bonds is 6. The molecule has 3 N–H and O–H groups in total. The molecule has 1 saturated heterocycles. The molecule has 36 heavy (non-hydrogen) atoms. The average molecular weight is 487 g/mol. The maximum absolute atomic E-state index is 13.6. The van der Waals surface area contributed by atoms with E-state index in [-0.39, 0.29) is 24.3 Å². The average Bonchev–Trinajstić information content (AvgIpc) is 3.22. The highest BCUT2D eigenvalue weighted by atomic mass is 16.3. The SMILES string of the molecule is CNC[C@@](O)(C(=O)N1CCN(c2ncnc3c2C(C)C(=O)N3)CC1)c1ccc(-c2ccccc2)cc1. The molecule has 0 saturated carbocycles. The molecule has 0 spiro atoms. The van der Waals surface area contributed by atoms with Crippen LogP contribution in [-0.2, 0) is 15.2 Å². The highest BCUT2D eigenvalue weighted by Gasteiger charge is 2.42. The first-order chi connectivity index (χ1) is 17.4. The van der Waals surface area contributed by atoms with E-state index in [1.807, 2.05) is 61.5 Å². The number of anilines is 2. The van der Waals surface area contributed by atoms with E-state index in [1.165, 1.54) is 6.33 Å². The van der Waals surface area contributed by atoms with Gasteiger partial charge in [-0.25, -0.2) is 9.97 Å². The first-order valence-corrected chi connectivity index (χ1v) is 12.2. The number of hydrogen-bond donors (Lipinski definition) is 3. The second-order valence-corrected chi connectivity index (χ2v) is 9.28. The minimum atomic E-state index is -1.69. The van der Waals surface area contributed by atoms with E-state index in [0.29, 0.717) is 37.6 Å². The number of aromatic nitrogens is 2. The Balaban J connectivity index is 1.32. The number of hydrogen-bond acceptors (Lipinski definition) is 7. The molecule has 186 valence electrons. The fraction of sp³-hybridized carbons (Fsp3) is 0.333. The van der Waals surface area contributed by atoms with Crippen molar-refractivity contribution >= 4 is 23.5 Å². The molecule has 3 aromatic rings. The maximum atomic E-state index is 13.6. The van der Waals surface area contributed by atoms with Crippen molar-refractivity contribution in [3.05, 3.63) is 72.1 Å². The molecule has 2 aromatic carbocycles. The van der Waals surface area contributed by atoms with Gasteiger partial charge in [0.15, 0.2) is 5.60 Å². The Bertz CT molecular complexity index is 1260. The lowest BCUT2D eigenvalue weighted by Crippen LogP contribution is -2.57. The van der Waals surface area contributed by atoms with E-state index in [2.05, 4.69) is 25.5 Å². The van der Waals surface area contributed by atoms with Gasteiger partial charge in [-0.05, 0) is 30.7 Å². The number of carbonyl (C=O) groups excluding carboxylic acids is 2. The van der Waals surface area contributed by atoms with E-state index < -0.39 is 5.60 Å². The number of nitrogens with one attached hydrogen (secondary N) is 2. The van der Waals surface area contributed by atoms with Gasteiger partial charge in [-0.15, -0.1) is 0 Å². The van der Waals surface area contributed by atoms with Gasteiger partial charge >= 0.3 is 0 Å². The molecule has 2 atom stereocenters. The summed E-state index contributed by atoms with van der Waals surface area (Å²) in [5, 5.41) is 17.4. The van der Waals surface area contributed by atoms with Crippen LogP contribution in [0.25, 0.3) is 11.1 Å². The number of amides is 2. The molecule has 2 amide bonds. The van der Waals surface area contributed by atoms with Gasteiger partial charge in [0, 0.05) is 38.3 Å². The van der Waals surface area contributed by atoms with Gasteiger partial charge < -0.3 is 25.5 Å². The predicted octanol–water partition coefficient (Wildman–Crippen LogP) is 1.96. The van der Waals surface area contributed by atoms with Crippen LogP contribution in [0.3, 0.4) is 0 Å². The standard InChI is InChI=1S/C27H30N6O3/c1-18-22-23(31-25(18)34)29-17-30-24(22)32-12-14-33(15-13-32)26(35)27(36,16-28-2)21-10-8-20(9-11-21)19-6-4-3-5-7-19/h3-11,17-18,28,36H,12-16H2,1-2H3,(H,29,30,31,34)/t18?,27-/m0/s1. The summed E-state index contributed by atoms with van der Waals surface area (Å²) in [6.45, 7) is 3.89. The minimum Gasteiger partial charge on any atom is -0.374 e. The molecular formula is C27H30N6O3. The summed E-state index contributed by atoms with van der Waals surface area (Å²) in [6, 6.07) is 17.5. The molecule has 5 rings (SSSR count). The first-order valence-electron chi connectivity index (χ1n) is 12.2. The van der Waals surface area contributed by atoms with Crippen molar-refractivity contribution in [3.8, 4) is 11.1 Å². The molecule has 1 aromatic heterocycles. The monoisotopic (exact) mass is 486 g/mol. The number of benzene rings is 2. The highest BCUT2D eigenvalue weighted by molar-refractivity contribution is 6.03. The summed E-state index contributed by atoms with van der Waals surface area (Å²) in [6.07, 6.45) is 1.45. The van der Waals surface area contributed by atoms with Crippen LogP contribution < -0.4 is 15.5 Å². The molecule has 2 aliphatic rings. The van der Waals surface area contributed by atoms with Gasteiger partial charge in [0.05, 0.1) is 5.92 Å².